The van der Waals surface area contributed by atoms with Crippen LogP contribution < -0.4 is 0 Å². The van der Waals surface area contributed by atoms with Crippen LogP contribution in [-0.4, -0.2) is 40.3 Å². The first kappa shape index (κ1) is 22.8. The predicted molar refractivity (Wildman–Crippen MR) is 109 cm³/mol. The lowest BCUT2D eigenvalue weighted by Gasteiger charge is -2.59. The lowest BCUT2D eigenvalue weighted by molar-refractivity contribution is -0.757. The molecule has 0 aliphatic heterocycles. The van der Waals surface area contributed by atoms with Crippen molar-refractivity contribution in [1.82, 2.24) is 0 Å². The molecule has 3 saturated carbocycles. The monoisotopic (exact) mass is 435 g/mol. The van der Waals surface area contributed by atoms with Gasteiger partial charge in [-0.15, -0.1) is 10.1 Å². The largest absolute Gasteiger partial charge is 0.508 e. The van der Waals surface area contributed by atoms with E-state index in [0.29, 0.717) is 11.1 Å². The van der Waals surface area contributed by atoms with Crippen molar-refractivity contribution in [2.24, 2.45) is 17.3 Å². The van der Waals surface area contributed by atoms with Crippen LogP contribution in [0, 0.1) is 27.4 Å². The number of Topliss-reactive ketones (excluding diaryl/α,β-unsaturated/α-hetero) is 1. The number of nitrogens with zero attached hydrogens (tertiary/aromatic N) is 1. The second-order valence-electron chi connectivity index (χ2n) is 9.59. The van der Waals surface area contributed by atoms with Gasteiger partial charge in [-0.3, -0.25) is 9.59 Å². The third kappa shape index (κ3) is 4.05. The summed E-state index contributed by atoms with van der Waals surface area (Å²) < 4.78 is 5.18. The van der Waals surface area contributed by atoms with Crippen LogP contribution >= 0.6 is 0 Å². The number of benzene rings is 1. The molecule has 0 heterocycles. The SMILES string of the molecule is CC(C)(C(=O)OCCCO[N+](=O)[O-])c1cc(O)c([C@H]2CC(=O)[C@H]3C[C@@H]2C3(C)C)c(O)c1. The van der Waals surface area contributed by atoms with Gasteiger partial charge in [-0.1, -0.05) is 13.8 Å². The fourth-order valence-corrected chi connectivity index (χ4v) is 5.02. The molecule has 4 rings (SSSR count). The molecular weight excluding hydrogens is 406 g/mol. The molecule has 0 spiro atoms. The zero-order chi connectivity index (χ0) is 23.1. The highest BCUT2D eigenvalue weighted by molar-refractivity contribution is 5.86. The van der Waals surface area contributed by atoms with Gasteiger partial charge in [0.1, 0.15) is 17.3 Å². The van der Waals surface area contributed by atoms with Gasteiger partial charge >= 0.3 is 5.97 Å². The number of carbonyl (C=O) groups is 2. The maximum absolute atomic E-state index is 12.6. The number of hydrogen-bond donors (Lipinski definition) is 2. The Bertz CT molecular complexity index is 884. The van der Waals surface area contributed by atoms with Gasteiger partial charge in [-0.05, 0) is 49.3 Å². The first-order valence-electron chi connectivity index (χ1n) is 10.4. The van der Waals surface area contributed by atoms with E-state index in [2.05, 4.69) is 4.84 Å². The molecule has 3 aliphatic rings. The topological polar surface area (TPSA) is 136 Å². The Hall–Kier alpha value is -2.84. The van der Waals surface area contributed by atoms with E-state index in [1.165, 1.54) is 12.1 Å². The fourth-order valence-electron chi connectivity index (χ4n) is 5.02. The molecule has 31 heavy (non-hydrogen) atoms. The van der Waals surface area contributed by atoms with Crippen LogP contribution in [-0.2, 0) is 24.6 Å². The van der Waals surface area contributed by atoms with Crippen molar-refractivity contribution in [3.63, 3.8) is 0 Å². The second kappa shape index (κ2) is 8.01. The number of phenolic OH excluding ortho intramolecular Hbond substituents is 2. The van der Waals surface area contributed by atoms with E-state index in [0.717, 1.165) is 6.42 Å². The molecule has 1 aromatic rings. The zero-order valence-electron chi connectivity index (χ0n) is 18.2. The molecule has 9 heteroatoms. The summed E-state index contributed by atoms with van der Waals surface area (Å²) in [7, 11) is 0. The Morgan fingerprint density at radius 1 is 1.26 bits per heavy atom. The van der Waals surface area contributed by atoms with E-state index in [1.807, 2.05) is 13.8 Å². The number of hydrogen-bond acceptors (Lipinski definition) is 8. The molecule has 9 nitrogen and oxygen atoms in total. The third-order valence-corrected chi connectivity index (χ3v) is 7.10. The molecule has 0 saturated heterocycles. The molecule has 0 amide bonds. The van der Waals surface area contributed by atoms with Crippen molar-refractivity contribution < 1.29 is 34.5 Å². The van der Waals surface area contributed by atoms with Crippen LogP contribution in [0.5, 0.6) is 11.5 Å². The van der Waals surface area contributed by atoms with Gasteiger partial charge in [0.05, 0.1) is 18.6 Å². The Morgan fingerprint density at radius 3 is 2.39 bits per heavy atom. The predicted octanol–water partition coefficient (Wildman–Crippen LogP) is 3.24. The number of carbonyl (C=O) groups excluding carboxylic acids is 2. The summed E-state index contributed by atoms with van der Waals surface area (Å²) in [6, 6.07) is 2.88. The number of aromatic hydroxyl groups is 2. The number of ether oxygens (including phenoxy) is 1. The van der Waals surface area contributed by atoms with Crippen molar-refractivity contribution in [3.05, 3.63) is 33.4 Å². The minimum atomic E-state index is -1.18. The Kier molecular flexibility index (Phi) is 5.90. The summed E-state index contributed by atoms with van der Waals surface area (Å²) in [4.78, 5) is 39.3. The highest BCUT2D eigenvalue weighted by Gasteiger charge is 2.59. The second-order valence-corrected chi connectivity index (χ2v) is 9.59. The Labute approximate surface area is 180 Å². The quantitative estimate of drug-likeness (QED) is 0.275. The van der Waals surface area contributed by atoms with Crippen LogP contribution in [0.1, 0.15) is 64.0 Å². The Morgan fingerprint density at radius 2 is 1.87 bits per heavy atom. The van der Waals surface area contributed by atoms with Crippen LogP contribution in [0.15, 0.2) is 12.1 Å². The van der Waals surface area contributed by atoms with Crippen LogP contribution in [0.3, 0.4) is 0 Å². The average molecular weight is 435 g/mol. The van der Waals surface area contributed by atoms with Gasteiger partial charge in [0, 0.05) is 30.2 Å². The molecule has 170 valence electrons. The molecule has 0 radical (unpaired) electrons. The standard InChI is InChI=1S/C22H29NO8/c1-21(2,20(27)30-6-5-7-31-23(28)29)12-8-17(25)19(18(26)9-12)13-10-16(24)15-11-14(13)22(15,3)4/h8-9,13-15,25-26H,5-7,10-11H2,1-4H3/t13-,14-,15+/m0/s1. The molecular formula is C22H29NO8. The van der Waals surface area contributed by atoms with E-state index in [1.54, 1.807) is 13.8 Å². The van der Waals surface area contributed by atoms with Gasteiger partial charge in [0.25, 0.3) is 5.09 Å². The van der Waals surface area contributed by atoms with Gasteiger partial charge < -0.3 is 19.8 Å². The number of phenols is 2. The third-order valence-electron chi connectivity index (χ3n) is 7.10. The van der Waals surface area contributed by atoms with Gasteiger partial charge in [0.2, 0.25) is 0 Å². The molecule has 3 fully saturated rings. The summed E-state index contributed by atoms with van der Waals surface area (Å²) in [5.41, 5.74) is -0.625. The summed E-state index contributed by atoms with van der Waals surface area (Å²) in [6.07, 6.45) is 1.21. The molecule has 3 aliphatic carbocycles. The smallest absolute Gasteiger partial charge is 0.315 e. The van der Waals surface area contributed by atoms with E-state index in [-0.39, 0.29) is 66.5 Å². The maximum atomic E-state index is 12.6. The van der Waals surface area contributed by atoms with Crippen molar-refractivity contribution in [2.45, 2.75) is 58.3 Å². The first-order valence-corrected chi connectivity index (χ1v) is 10.4. The minimum Gasteiger partial charge on any atom is -0.508 e. The van der Waals surface area contributed by atoms with Gasteiger partial charge in [0.15, 0.2) is 0 Å². The minimum absolute atomic E-state index is 0.0433. The van der Waals surface area contributed by atoms with Crippen LogP contribution in [0.4, 0.5) is 0 Å². The fraction of sp³-hybridized carbons (Fsp3) is 0.636. The molecule has 2 N–H and O–H groups in total. The molecule has 0 unspecified atom stereocenters. The molecule has 2 bridgehead atoms. The van der Waals surface area contributed by atoms with E-state index in [9.17, 15) is 29.9 Å². The number of esters is 1. The van der Waals surface area contributed by atoms with Crippen molar-refractivity contribution in [2.75, 3.05) is 13.2 Å². The molecule has 3 atom stereocenters. The van der Waals surface area contributed by atoms with Crippen molar-refractivity contribution >= 4 is 11.8 Å². The van der Waals surface area contributed by atoms with E-state index < -0.39 is 16.5 Å². The number of rotatable bonds is 8. The maximum Gasteiger partial charge on any atom is 0.315 e. The zero-order valence-corrected chi connectivity index (χ0v) is 18.2. The number of fused-ring (bicyclic) bond motifs is 2. The molecule has 1 aromatic carbocycles. The lowest BCUT2D eigenvalue weighted by Crippen LogP contribution is -2.56. The van der Waals surface area contributed by atoms with Gasteiger partial charge in [-0.2, -0.15) is 0 Å². The summed E-state index contributed by atoms with van der Waals surface area (Å²) >= 11 is 0. The van der Waals surface area contributed by atoms with E-state index >= 15 is 0 Å². The summed E-state index contributed by atoms with van der Waals surface area (Å²) in [5.74, 6) is -0.762. The summed E-state index contributed by atoms with van der Waals surface area (Å²) in [5, 5.41) is 30.7. The van der Waals surface area contributed by atoms with Crippen LogP contribution in [0.2, 0.25) is 0 Å². The molecule has 0 aromatic heterocycles. The van der Waals surface area contributed by atoms with Crippen molar-refractivity contribution in [3.8, 4) is 11.5 Å². The normalized spacial score (nSPS) is 24.3. The van der Waals surface area contributed by atoms with Crippen molar-refractivity contribution in [1.29, 1.82) is 0 Å². The van der Waals surface area contributed by atoms with E-state index in [4.69, 9.17) is 4.74 Å². The highest BCUT2D eigenvalue weighted by atomic mass is 16.9. The highest BCUT2D eigenvalue weighted by Crippen LogP contribution is 2.64. The Balaban J connectivity index is 1.76. The lowest BCUT2D eigenvalue weighted by atomic mass is 9.44. The first-order chi connectivity index (χ1) is 14.4. The summed E-state index contributed by atoms with van der Waals surface area (Å²) in [6.45, 7) is 7.05. The average Bonchev–Trinajstić information content (AvgIpc) is 2.65. The van der Waals surface area contributed by atoms with Gasteiger partial charge in [-0.25, -0.2) is 0 Å². The van der Waals surface area contributed by atoms with Crippen LogP contribution in [0.25, 0.3) is 0 Å². The number of ketones is 1.